The van der Waals surface area contributed by atoms with Crippen LogP contribution in [0.2, 0.25) is 0 Å². The Morgan fingerprint density at radius 2 is 2.10 bits per heavy atom. The summed E-state index contributed by atoms with van der Waals surface area (Å²) in [6, 6.07) is 3.32. The summed E-state index contributed by atoms with van der Waals surface area (Å²) < 4.78 is 23.7. The lowest BCUT2D eigenvalue weighted by Crippen LogP contribution is -2.35. The molecule has 0 radical (unpaired) electrons. The van der Waals surface area contributed by atoms with Crippen LogP contribution in [0.3, 0.4) is 0 Å². The molecule has 1 N–H and O–H groups in total. The van der Waals surface area contributed by atoms with Gasteiger partial charge in [0, 0.05) is 25.5 Å². The van der Waals surface area contributed by atoms with E-state index in [1.54, 1.807) is 18.3 Å². The number of pyridine rings is 1. The Morgan fingerprint density at radius 1 is 1.40 bits per heavy atom. The molecule has 0 saturated carbocycles. The van der Waals surface area contributed by atoms with Crippen LogP contribution >= 0.6 is 0 Å². The van der Waals surface area contributed by atoms with Gasteiger partial charge in [0.2, 0.25) is 0 Å². The van der Waals surface area contributed by atoms with Gasteiger partial charge >= 0.3 is 0 Å². The van der Waals surface area contributed by atoms with Crippen LogP contribution in [0.5, 0.6) is 0 Å². The molecular formula is C14H23N3O2S. The van der Waals surface area contributed by atoms with Gasteiger partial charge in [-0.3, -0.25) is 0 Å². The highest BCUT2D eigenvalue weighted by molar-refractivity contribution is 7.90. The van der Waals surface area contributed by atoms with E-state index < -0.39 is 9.84 Å². The SMILES string of the molecule is CNCCC1CCN(c2ncccc2S(C)(=O)=O)CC1. The smallest absolute Gasteiger partial charge is 0.179 e. The van der Waals surface area contributed by atoms with Crippen molar-refractivity contribution in [2.24, 2.45) is 5.92 Å². The fourth-order valence-corrected chi connectivity index (χ4v) is 3.53. The molecule has 0 amide bonds. The highest BCUT2D eigenvalue weighted by Crippen LogP contribution is 2.28. The van der Waals surface area contributed by atoms with E-state index in [2.05, 4.69) is 15.2 Å². The van der Waals surface area contributed by atoms with Gasteiger partial charge in [0.15, 0.2) is 9.84 Å². The van der Waals surface area contributed by atoms with Gasteiger partial charge in [-0.2, -0.15) is 0 Å². The lowest BCUT2D eigenvalue weighted by Gasteiger charge is -2.33. The van der Waals surface area contributed by atoms with Crippen molar-refractivity contribution in [1.29, 1.82) is 0 Å². The fraction of sp³-hybridized carbons (Fsp3) is 0.643. The van der Waals surface area contributed by atoms with Crippen LogP contribution in [0.1, 0.15) is 19.3 Å². The number of aromatic nitrogens is 1. The molecule has 5 nitrogen and oxygen atoms in total. The third kappa shape index (κ3) is 3.70. The quantitative estimate of drug-likeness (QED) is 0.888. The lowest BCUT2D eigenvalue weighted by atomic mass is 9.93. The molecule has 1 saturated heterocycles. The first-order valence-corrected chi connectivity index (χ1v) is 8.96. The number of hydrogen-bond donors (Lipinski definition) is 1. The van der Waals surface area contributed by atoms with Crippen LogP contribution in [0.15, 0.2) is 23.2 Å². The van der Waals surface area contributed by atoms with Crippen LogP contribution in [0.4, 0.5) is 5.82 Å². The zero-order chi connectivity index (χ0) is 14.6. The van der Waals surface area contributed by atoms with Gasteiger partial charge in [0.25, 0.3) is 0 Å². The minimum Gasteiger partial charge on any atom is -0.356 e. The van der Waals surface area contributed by atoms with Crippen LogP contribution in [0, 0.1) is 5.92 Å². The Kier molecular flexibility index (Phi) is 4.99. The van der Waals surface area contributed by atoms with Gasteiger partial charge in [-0.05, 0) is 50.9 Å². The van der Waals surface area contributed by atoms with Crippen molar-refractivity contribution in [3.05, 3.63) is 18.3 Å². The molecule has 1 aromatic heterocycles. The van der Waals surface area contributed by atoms with Crippen LogP contribution < -0.4 is 10.2 Å². The molecule has 0 aliphatic carbocycles. The summed E-state index contributed by atoms with van der Waals surface area (Å²) in [5.41, 5.74) is 0. The highest BCUT2D eigenvalue weighted by atomic mass is 32.2. The Balaban J connectivity index is 2.08. The molecule has 2 rings (SSSR count). The topological polar surface area (TPSA) is 62.3 Å². The lowest BCUT2D eigenvalue weighted by molar-refractivity contribution is 0.376. The van der Waals surface area contributed by atoms with Crippen molar-refractivity contribution in [2.75, 3.05) is 37.8 Å². The second-order valence-electron chi connectivity index (χ2n) is 5.42. The molecule has 1 aromatic rings. The van der Waals surface area contributed by atoms with Crippen molar-refractivity contribution < 1.29 is 8.42 Å². The van der Waals surface area contributed by atoms with Crippen molar-refractivity contribution in [1.82, 2.24) is 10.3 Å². The van der Waals surface area contributed by atoms with Gasteiger partial charge < -0.3 is 10.2 Å². The Morgan fingerprint density at radius 3 is 2.70 bits per heavy atom. The van der Waals surface area contributed by atoms with Crippen LogP contribution in [0.25, 0.3) is 0 Å². The zero-order valence-electron chi connectivity index (χ0n) is 12.2. The number of nitrogens with one attached hydrogen (secondary N) is 1. The van der Waals surface area contributed by atoms with E-state index in [1.165, 1.54) is 12.7 Å². The highest BCUT2D eigenvalue weighted by Gasteiger charge is 2.24. The van der Waals surface area contributed by atoms with Crippen molar-refractivity contribution in [3.63, 3.8) is 0 Å². The second-order valence-corrected chi connectivity index (χ2v) is 7.40. The standard InChI is InChI=1S/C14H23N3O2S/c1-15-9-5-12-6-10-17(11-7-12)14-13(20(2,18)19)4-3-8-16-14/h3-4,8,12,15H,5-7,9-11H2,1-2H3. The molecule has 6 heteroatoms. The monoisotopic (exact) mass is 297 g/mol. The normalized spacial score (nSPS) is 17.4. The summed E-state index contributed by atoms with van der Waals surface area (Å²) >= 11 is 0. The summed E-state index contributed by atoms with van der Waals surface area (Å²) in [7, 11) is -1.25. The molecule has 0 unspecified atom stereocenters. The molecule has 0 aromatic carbocycles. The van der Waals surface area contributed by atoms with Gasteiger partial charge in [-0.25, -0.2) is 13.4 Å². The third-order valence-electron chi connectivity index (χ3n) is 3.87. The molecule has 0 atom stereocenters. The summed E-state index contributed by atoms with van der Waals surface area (Å²) in [5.74, 6) is 1.34. The Bertz CT molecular complexity index is 537. The average Bonchev–Trinajstić information content (AvgIpc) is 2.45. The molecule has 112 valence electrons. The molecular weight excluding hydrogens is 274 g/mol. The predicted octanol–water partition coefficient (Wildman–Crippen LogP) is 1.31. The molecule has 20 heavy (non-hydrogen) atoms. The molecule has 2 heterocycles. The average molecular weight is 297 g/mol. The van der Waals surface area contributed by atoms with E-state index in [-0.39, 0.29) is 0 Å². The minimum atomic E-state index is -3.22. The van der Waals surface area contributed by atoms with E-state index in [1.807, 2.05) is 7.05 Å². The van der Waals surface area contributed by atoms with Gasteiger partial charge in [-0.1, -0.05) is 0 Å². The van der Waals surface area contributed by atoms with E-state index >= 15 is 0 Å². The Hall–Kier alpha value is -1.14. The van der Waals surface area contributed by atoms with E-state index in [9.17, 15) is 8.42 Å². The molecule has 0 spiro atoms. The predicted molar refractivity (Wildman–Crippen MR) is 80.8 cm³/mol. The maximum Gasteiger partial charge on any atom is 0.179 e. The summed E-state index contributed by atoms with van der Waals surface area (Å²) in [6.07, 6.45) is 6.29. The molecule has 0 bridgehead atoms. The second kappa shape index (κ2) is 6.54. The number of piperidine rings is 1. The number of sulfone groups is 1. The number of anilines is 1. The summed E-state index contributed by atoms with van der Waals surface area (Å²) in [6.45, 7) is 2.81. The van der Waals surface area contributed by atoms with Crippen LogP contribution in [-0.4, -0.2) is 46.3 Å². The summed E-state index contributed by atoms with van der Waals surface area (Å²) in [5, 5.41) is 3.18. The van der Waals surface area contributed by atoms with Gasteiger partial charge in [0.1, 0.15) is 10.7 Å². The largest absolute Gasteiger partial charge is 0.356 e. The minimum absolute atomic E-state index is 0.341. The van der Waals surface area contributed by atoms with E-state index in [0.29, 0.717) is 10.7 Å². The van der Waals surface area contributed by atoms with Gasteiger partial charge in [-0.15, -0.1) is 0 Å². The van der Waals surface area contributed by atoms with E-state index in [4.69, 9.17) is 0 Å². The first kappa shape index (κ1) is 15.3. The van der Waals surface area contributed by atoms with Crippen molar-refractivity contribution in [3.8, 4) is 0 Å². The Labute approximate surface area is 121 Å². The first-order valence-electron chi connectivity index (χ1n) is 7.07. The number of rotatable bonds is 5. The zero-order valence-corrected chi connectivity index (χ0v) is 13.0. The maximum atomic E-state index is 11.8. The third-order valence-corrected chi connectivity index (χ3v) is 4.98. The fourth-order valence-electron chi connectivity index (χ4n) is 2.69. The van der Waals surface area contributed by atoms with Crippen LogP contribution in [-0.2, 0) is 9.84 Å². The van der Waals surface area contributed by atoms with Gasteiger partial charge in [0.05, 0.1) is 0 Å². The van der Waals surface area contributed by atoms with Crippen molar-refractivity contribution in [2.45, 2.75) is 24.2 Å². The number of nitrogens with zero attached hydrogens (tertiary/aromatic N) is 2. The summed E-state index contributed by atoms with van der Waals surface area (Å²) in [4.78, 5) is 6.74. The number of hydrogen-bond acceptors (Lipinski definition) is 5. The van der Waals surface area contributed by atoms with Crippen molar-refractivity contribution >= 4 is 15.7 Å². The maximum absolute atomic E-state index is 11.8. The first-order chi connectivity index (χ1) is 9.52. The molecule has 1 aliphatic rings. The molecule has 1 fully saturated rings. The molecule has 1 aliphatic heterocycles. The van der Waals surface area contributed by atoms with E-state index in [0.717, 1.165) is 38.4 Å².